The average Bonchev–Trinajstić information content (AvgIpc) is 2.43. The van der Waals surface area contributed by atoms with Crippen molar-refractivity contribution in [3.05, 3.63) is 64.7 Å². The normalized spacial score (nSPS) is 15.4. The third-order valence-electron chi connectivity index (χ3n) is 3.59. The van der Waals surface area contributed by atoms with Gasteiger partial charge in [-0.05, 0) is 37.8 Å². The molecule has 1 aromatic carbocycles. The molecule has 132 valence electrons. The molecular formula is C21H32OSSi. The fourth-order valence-corrected chi connectivity index (χ4v) is 4.08. The molecule has 3 heteroatoms. The van der Waals surface area contributed by atoms with Crippen LogP contribution in [-0.4, -0.2) is 12.3 Å². The maximum atomic E-state index is 12.3. The van der Waals surface area contributed by atoms with Gasteiger partial charge in [0.05, 0.1) is 18.9 Å². The summed E-state index contributed by atoms with van der Waals surface area (Å²) in [4.78, 5) is 0.849. The number of rotatable bonds is 7. The van der Waals surface area contributed by atoms with E-state index in [1.54, 1.807) is 5.41 Å². The number of benzene rings is 1. The number of hydrogen-bond donors (Lipinski definition) is 0. The van der Waals surface area contributed by atoms with Crippen molar-refractivity contribution in [2.75, 3.05) is 0 Å². The van der Waals surface area contributed by atoms with Crippen LogP contribution < -0.4 is 0 Å². The van der Waals surface area contributed by atoms with E-state index in [0.29, 0.717) is 0 Å². The Morgan fingerprint density at radius 3 is 2.29 bits per heavy atom. The smallest absolute Gasteiger partial charge is 0.0776 e. The molecule has 0 aliphatic rings. The fraction of sp³-hybridized carbons (Fsp3) is 0.429. The summed E-state index contributed by atoms with van der Waals surface area (Å²) in [6.07, 6.45) is 7.60. The zero-order valence-electron chi connectivity index (χ0n) is 16.2. The van der Waals surface area contributed by atoms with Gasteiger partial charge in [-0.25, -0.2) is 4.21 Å². The van der Waals surface area contributed by atoms with E-state index < -0.39 is 18.9 Å². The van der Waals surface area contributed by atoms with Crippen LogP contribution in [0.2, 0.25) is 19.6 Å². The molecule has 0 N–H and O–H groups in total. The van der Waals surface area contributed by atoms with E-state index in [4.69, 9.17) is 0 Å². The minimum atomic E-state index is -1.12. The van der Waals surface area contributed by atoms with Crippen molar-refractivity contribution in [1.29, 1.82) is 0 Å². The van der Waals surface area contributed by atoms with Crippen molar-refractivity contribution in [2.24, 2.45) is 5.41 Å². The molecular weight excluding hydrogens is 328 g/mol. The van der Waals surface area contributed by atoms with Gasteiger partial charge in [0.2, 0.25) is 0 Å². The number of allylic oxidation sites excluding steroid dienone is 4. The van der Waals surface area contributed by atoms with E-state index in [1.165, 1.54) is 5.56 Å². The molecule has 0 bridgehead atoms. The minimum absolute atomic E-state index is 0.107. The van der Waals surface area contributed by atoms with Gasteiger partial charge in [0.25, 0.3) is 0 Å². The fourth-order valence-electron chi connectivity index (χ4n) is 2.36. The summed E-state index contributed by atoms with van der Waals surface area (Å²) in [5.74, 6) is 0. The Kier molecular flexibility index (Phi) is 7.62. The third-order valence-corrected chi connectivity index (χ3v) is 5.94. The molecule has 0 heterocycles. The quantitative estimate of drug-likeness (QED) is 0.405. The lowest BCUT2D eigenvalue weighted by Crippen LogP contribution is -2.16. The lowest BCUT2D eigenvalue weighted by Gasteiger charge is -2.20. The highest BCUT2D eigenvalue weighted by Crippen LogP contribution is 2.25. The van der Waals surface area contributed by atoms with E-state index in [1.807, 2.05) is 37.3 Å². The van der Waals surface area contributed by atoms with Crippen molar-refractivity contribution in [3.8, 4) is 0 Å². The molecule has 0 saturated heterocycles. The summed E-state index contributed by atoms with van der Waals surface area (Å²) in [6.45, 7) is 15.6. The average molecular weight is 361 g/mol. The highest BCUT2D eigenvalue weighted by molar-refractivity contribution is 7.88. The lowest BCUT2D eigenvalue weighted by atomic mass is 9.87. The molecule has 0 saturated carbocycles. The van der Waals surface area contributed by atoms with Crippen molar-refractivity contribution in [3.63, 3.8) is 0 Å². The predicted molar refractivity (Wildman–Crippen MR) is 111 cm³/mol. The zero-order valence-corrected chi connectivity index (χ0v) is 18.0. The van der Waals surface area contributed by atoms with Gasteiger partial charge in [-0.3, -0.25) is 0 Å². The molecule has 1 aromatic rings. The maximum Gasteiger partial charge on any atom is 0.0776 e. The summed E-state index contributed by atoms with van der Waals surface area (Å²) in [6, 6.07) is 7.86. The molecule has 0 aliphatic heterocycles. The van der Waals surface area contributed by atoms with Gasteiger partial charge in [-0.1, -0.05) is 80.7 Å². The van der Waals surface area contributed by atoms with Crippen LogP contribution in [0.15, 0.2) is 64.1 Å². The molecule has 24 heavy (non-hydrogen) atoms. The van der Waals surface area contributed by atoms with Crippen LogP contribution in [0.4, 0.5) is 0 Å². The first kappa shape index (κ1) is 20.9. The molecule has 1 rings (SSSR count). The van der Waals surface area contributed by atoms with Crippen molar-refractivity contribution in [1.82, 2.24) is 0 Å². The standard InChI is InChI=1S/C21H32OSSi/c1-18-9-11-20(12-10-18)23(22)15-13-19(2)17-21(3,4)14-8-16-24(5,6)7/h8-13,15-17H,14H2,1-7H3/b15-13+,16-8+,19-17+/t23-/m1/s1. The lowest BCUT2D eigenvalue weighted by molar-refractivity contribution is 0.486. The molecule has 1 nitrogen and oxygen atoms in total. The SMILES string of the molecule is CC(/C=C/[S@@](=O)c1ccc(C)cc1)=C\C(C)(C)C/C=C/[Si](C)(C)C. The zero-order chi connectivity index (χ0) is 18.4. The van der Waals surface area contributed by atoms with Crippen LogP contribution >= 0.6 is 0 Å². The molecule has 0 aliphatic carbocycles. The Labute approximate surface area is 152 Å². The summed E-state index contributed by atoms with van der Waals surface area (Å²) >= 11 is 0. The van der Waals surface area contributed by atoms with Crippen LogP contribution in [0.1, 0.15) is 32.8 Å². The maximum absolute atomic E-state index is 12.3. The van der Waals surface area contributed by atoms with Gasteiger partial charge in [0.15, 0.2) is 0 Å². The predicted octanol–water partition coefficient (Wildman–Crippen LogP) is 6.41. The Bertz CT molecular complexity index is 643. The van der Waals surface area contributed by atoms with Gasteiger partial charge in [0, 0.05) is 10.3 Å². The molecule has 0 spiro atoms. The molecule has 0 fully saturated rings. The van der Waals surface area contributed by atoms with Gasteiger partial charge in [0.1, 0.15) is 0 Å². The van der Waals surface area contributed by atoms with Crippen LogP contribution in [0.25, 0.3) is 0 Å². The second-order valence-corrected chi connectivity index (χ2v) is 14.7. The largest absolute Gasteiger partial charge is 0.250 e. The second-order valence-electron chi connectivity index (χ2n) is 8.26. The van der Waals surface area contributed by atoms with Crippen LogP contribution in [0, 0.1) is 12.3 Å². The molecule has 0 amide bonds. The Hall–Kier alpha value is -1.19. The van der Waals surface area contributed by atoms with Gasteiger partial charge in [-0.15, -0.1) is 0 Å². The number of hydrogen-bond acceptors (Lipinski definition) is 1. The van der Waals surface area contributed by atoms with Crippen molar-refractivity contribution in [2.45, 2.75) is 58.7 Å². The molecule has 0 aromatic heterocycles. The summed E-state index contributed by atoms with van der Waals surface area (Å²) in [7, 11) is -2.21. The van der Waals surface area contributed by atoms with E-state index in [-0.39, 0.29) is 5.41 Å². The van der Waals surface area contributed by atoms with Crippen molar-refractivity contribution < 1.29 is 4.21 Å². The Morgan fingerprint density at radius 1 is 1.17 bits per heavy atom. The van der Waals surface area contributed by atoms with E-state index in [9.17, 15) is 4.21 Å². The van der Waals surface area contributed by atoms with E-state index in [2.05, 4.69) is 58.3 Å². The highest BCUT2D eigenvalue weighted by atomic mass is 32.2. The van der Waals surface area contributed by atoms with Crippen LogP contribution in [0.3, 0.4) is 0 Å². The molecule has 0 radical (unpaired) electrons. The summed E-state index contributed by atoms with van der Waals surface area (Å²) in [5, 5.41) is 1.78. The van der Waals surface area contributed by atoms with Crippen LogP contribution in [0.5, 0.6) is 0 Å². The van der Waals surface area contributed by atoms with Gasteiger partial charge < -0.3 is 0 Å². The van der Waals surface area contributed by atoms with Crippen LogP contribution in [-0.2, 0) is 10.8 Å². The van der Waals surface area contributed by atoms with Gasteiger partial charge in [-0.2, -0.15) is 0 Å². The minimum Gasteiger partial charge on any atom is -0.250 e. The summed E-state index contributed by atoms with van der Waals surface area (Å²) < 4.78 is 12.3. The second kappa shape index (κ2) is 8.77. The van der Waals surface area contributed by atoms with E-state index >= 15 is 0 Å². The third kappa shape index (κ3) is 8.60. The first-order chi connectivity index (χ1) is 11.0. The summed E-state index contributed by atoms with van der Waals surface area (Å²) in [5.41, 5.74) is 4.85. The monoisotopic (exact) mass is 360 g/mol. The highest BCUT2D eigenvalue weighted by Gasteiger charge is 2.14. The van der Waals surface area contributed by atoms with E-state index in [0.717, 1.165) is 16.9 Å². The number of aryl methyl sites for hydroxylation is 1. The molecule has 1 atom stereocenters. The Balaban J connectivity index is 2.72. The molecule has 0 unspecified atom stereocenters. The Morgan fingerprint density at radius 2 is 1.75 bits per heavy atom. The van der Waals surface area contributed by atoms with Gasteiger partial charge >= 0.3 is 0 Å². The first-order valence-electron chi connectivity index (χ1n) is 8.51. The topological polar surface area (TPSA) is 17.1 Å². The van der Waals surface area contributed by atoms with Crippen molar-refractivity contribution >= 4 is 18.9 Å². The first-order valence-corrected chi connectivity index (χ1v) is 13.3.